The van der Waals surface area contributed by atoms with E-state index in [0.717, 1.165) is 19.4 Å². The first-order valence-corrected chi connectivity index (χ1v) is 4.95. The van der Waals surface area contributed by atoms with Gasteiger partial charge in [-0.3, -0.25) is 4.79 Å². The fourth-order valence-electron chi connectivity index (χ4n) is 1.71. The molecule has 1 heterocycles. The molecule has 1 fully saturated rings. The second kappa shape index (κ2) is 5.19. The quantitative estimate of drug-likeness (QED) is 0.552. The van der Waals surface area contributed by atoms with Crippen LogP contribution in [-0.2, 0) is 4.79 Å². The van der Waals surface area contributed by atoms with E-state index in [1.54, 1.807) is 0 Å². The van der Waals surface area contributed by atoms with Gasteiger partial charge in [0.1, 0.15) is 0 Å². The predicted molar refractivity (Wildman–Crippen MR) is 52.3 cm³/mol. The van der Waals surface area contributed by atoms with Crippen molar-refractivity contribution in [2.75, 3.05) is 19.6 Å². The zero-order valence-corrected chi connectivity index (χ0v) is 8.18. The first-order valence-electron chi connectivity index (χ1n) is 4.95. The van der Waals surface area contributed by atoms with Gasteiger partial charge >= 0.3 is 0 Å². The molecule has 0 aromatic rings. The van der Waals surface area contributed by atoms with Crippen LogP contribution in [0.25, 0.3) is 0 Å². The first-order chi connectivity index (χ1) is 6.24. The zero-order chi connectivity index (χ0) is 9.68. The third kappa shape index (κ3) is 3.32. The molecule has 4 N–H and O–H groups in total. The molecule has 0 bridgehead atoms. The number of carbonyl (C=O) groups excluding carboxylic acids is 1. The number of rotatable bonds is 3. The third-order valence-corrected chi connectivity index (χ3v) is 2.44. The molecular formula is C9H19N3O. The minimum atomic E-state index is 0.166. The summed E-state index contributed by atoms with van der Waals surface area (Å²) >= 11 is 0. The molecule has 0 spiro atoms. The molecule has 0 radical (unpaired) electrons. The van der Waals surface area contributed by atoms with E-state index < -0.39 is 0 Å². The summed E-state index contributed by atoms with van der Waals surface area (Å²) in [7, 11) is 0. The molecule has 2 unspecified atom stereocenters. The smallest absolute Gasteiger partial charge is 0.223 e. The molecule has 0 aromatic heterocycles. The third-order valence-electron chi connectivity index (χ3n) is 2.44. The van der Waals surface area contributed by atoms with Crippen molar-refractivity contribution in [2.24, 2.45) is 11.7 Å². The highest BCUT2D eigenvalue weighted by Gasteiger charge is 2.23. The molecule has 4 nitrogen and oxygen atoms in total. The van der Waals surface area contributed by atoms with Gasteiger partial charge in [0.15, 0.2) is 0 Å². The Morgan fingerprint density at radius 3 is 3.08 bits per heavy atom. The summed E-state index contributed by atoms with van der Waals surface area (Å²) in [6, 6.07) is 0.461. The van der Waals surface area contributed by atoms with Crippen LogP contribution in [0.4, 0.5) is 0 Å². The Morgan fingerprint density at radius 2 is 2.46 bits per heavy atom. The Balaban J connectivity index is 2.28. The lowest BCUT2D eigenvalue weighted by atomic mass is 9.92. The summed E-state index contributed by atoms with van der Waals surface area (Å²) in [4.78, 5) is 11.5. The molecular weight excluding hydrogens is 166 g/mol. The lowest BCUT2D eigenvalue weighted by molar-refractivity contribution is -0.126. The van der Waals surface area contributed by atoms with E-state index in [-0.39, 0.29) is 11.8 Å². The van der Waals surface area contributed by atoms with Crippen molar-refractivity contribution in [3.05, 3.63) is 0 Å². The Hall–Kier alpha value is -0.610. The minimum Gasteiger partial charge on any atom is -0.355 e. The molecule has 0 saturated carbocycles. The zero-order valence-electron chi connectivity index (χ0n) is 8.18. The van der Waals surface area contributed by atoms with E-state index in [0.29, 0.717) is 19.1 Å². The summed E-state index contributed by atoms with van der Waals surface area (Å²) < 4.78 is 0. The van der Waals surface area contributed by atoms with Crippen molar-refractivity contribution < 1.29 is 4.79 Å². The van der Waals surface area contributed by atoms with Crippen LogP contribution in [0.3, 0.4) is 0 Å². The fourth-order valence-corrected chi connectivity index (χ4v) is 1.71. The average Bonchev–Trinajstić information content (AvgIpc) is 2.14. The molecule has 1 rings (SSSR count). The van der Waals surface area contributed by atoms with Gasteiger partial charge < -0.3 is 16.4 Å². The summed E-state index contributed by atoms with van der Waals surface area (Å²) in [5, 5.41) is 6.15. The van der Waals surface area contributed by atoms with Crippen LogP contribution in [-0.4, -0.2) is 31.6 Å². The van der Waals surface area contributed by atoms with Gasteiger partial charge in [0.25, 0.3) is 0 Å². The molecule has 4 heteroatoms. The number of nitrogens with two attached hydrogens (primary N) is 1. The predicted octanol–water partition coefficient (Wildman–Crippen LogP) is -0.551. The van der Waals surface area contributed by atoms with Gasteiger partial charge in [0, 0.05) is 25.0 Å². The SMILES string of the molecule is CC1CC(C(=O)NCCN)CCN1. The second-order valence-electron chi connectivity index (χ2n) is 3.66. The Labute approximate surface area is 79.3 Å². The summed E-state index contributed by atoms with van der Waals surface area (Å²) in [6.45, 7) is 4.17. The Morgan fingerprint density at radius 1 is 1.69 bits per heavy atom. The van der Waals surface area contributed by atoms with Gasteiger partial charge in [-0.05, 0) is 26.3 Å². The molecule has 0 aromatic carbocycles. The van der Waals surface area contributed by atoms with Crippen LogP contribution in [0.15, 0.2) is 0 Å². The first kappa shape index (κ1) is 10.5. The lowest BCUT2D eigenvalue weighted by Gasteiger charge is -2.26. The molecule has 1 saturated heterocycles. The van der Waals surface area contributed by atoms with Crippen molar-refractivity contribution in [2.45, 2.75) is 25.8 Å². The van der Waals surface area contributed by atoms with Gasteiger partial charge in [0.05, 0.1) is 0 Å². The maximum absolute atomic E-state index is 11.5. The average molecular weight is 185 g/mol. The topological polar surface area (TPSA) is 67.2 Å². The van der Waals surface area contributed by atoms with Crippen LogP contribution < -0.4 is 16.4 Å². The van der Waals surface area contributed by atoms with Gasteiger partial charge in [-0.15, -0.1) is 0 Å². The van der Waals surface area contributed by atoms with Gasteiger partial charge in [0.2, 0.25) is 5.91 Å². The van der Waals surface area contributed by atoms with E-state index in [9.17, 15) is 4.79 Å². The van der Waals surface area contributed by atoms with Crippen molar-refractivity contribution in [1.29, 1.82) is 0 Å². The lowest BCUT2D eigenvalue weighted by Crippen LogP contribution is -2.43. The van der Waals surface area contributed by atoms with Crippen LogP contribution in [0, 0.1) is 5.92 Å². The van der Waals surface area contributed by atoms with E-state index in [2.05, 4.69) is 17.6 Å². The molecule has 1 aliphatic rings. The highest BCUT2D eigenvalue weighted by molar-refractivity contribution is 5.78. The maximum Gasteiger partial charge on any atom is 0.223 e. The number of piperidine rings is 1. The van der Waals surface area contributed by atoms with E-state index in [1.165, 1.54) is 0 Å². The van der Waals surface area contributed by atoms with Crippen LogP contribution in [0.5, 0.6) is 0 Å². The summed E-state index contributed by atoms with van der Waals surface area (Å²) in [6.07, 6.45) is 1.89. The van der Waals surface area contributed by atoms with Crippen molar-refractivity contribution in [3.8, 4) is 0 Å². The molecule has 2 atom stereocenters. The fraction of sp³-hybridized carbons (Fsp3) is 0.889. The highest BCUT2D eigenvalue weighted by Crippen LogP contribution is 2.15. The van der Waals surface area contributed by atoms with Crippen LogP contribution >= 0.6 is 0 Å². The maximum atomic E-state index is 11.5. The molecule has 1 aliphatic heterocycles. The van der Waals surface area contributed by atoms with Crippen molar-refractivity contribution in [3.63, 3.8) is 0 Å². The number of hydrogen-bond acceptors (Lipinski definition) is 3. The Kier molecular flexibility index (Phi) is 4.18. The second-order valence-corrected chi connectivity index (χ2v) is 3.66. The highest BCUT2D eigenvalue weighted by atomic mass is 16.1. The summed E-state index contributed by atoms with van der Waals surface area (Å²) in [5.41, 5.74) is 5.31. The largest absolute Gasteiger partial charge is 0.355 e. The van der Waals surface area contributed by atoms with Crippen LogP contribution in [0.2, 0.25) is 0 Å². The van der Waals surface area contributed by atoms with E-state index >= 15 is 0 Å². The number of hydrogen-bond donors (Lipinski definition) is 3. The Bertz CT molecular complexity index is 172. The normalized spacial score (nSPS) is 28.5. The number of amides is 1. The van der Waals surface area contributed by atoms with Crippen molar-refractivity contribution >= 4 is 5.91 Å². The molecule has 0 aliphatic carbocycles. The minimum absolute atomic E-state index is 0.166. The van der Waals surface area contributed by atoms with Gasteiger partial charge in [-0.1, -0.05) is 0 Å². The molecule has 76 valence electrons. The number of nitrogens with one attached hydrogen (secondary N) is 2. The standard InChI is InChI=1S/C9H19N3O/c1-7-6-8(2-4-11-7)9(13)12-5-3-10/h7-8,11H,2-6,10H2,1H3,(H,12,13). The van der Waals surface area contributed by atoms with E-state index in [4.69, 9.17) is 5.73 Å². The molecule has 1 amide bonds. The monoisotopic (exact) mass is 185 g/mol. The van der Waals surface area contributed by atoms with Crippen LogP contribution in [0.1, 0.15) is 19.8 Å². The molecule has 13 heavy (non-hydrogen) atoms. The van der Waals surface area contributed by atoms with Crippen molar-refractivity contribution in [1.82, 2.24) is 10.6 Å². The van der Waals surface area contributed by atoms with E-state index in [1.807, 2.05) is 0 Å². The number of carbonyl (C=O) groups is 1. The van der Waals surface area contributed by atoms with Gasteiger partial charge in [-0.2, -0.15) is 0 Å². The summed E-state index contributed by atoms with van der Waals surface area (Å²) in [5.74, 6) is 0.349. The van der Waals surface area contributed by atoms with Gasteiger partial charge in [-0.25, -0.2) is 0 Å².